The highest BCUT2D eigenvalue weighted by atomic mass is 19.4. The van der Waals surface area contributed by atoms with Gasteiger partial charge in [-0.2, -0.15) is 0 Å². The molecule has 2 aromatic rings. The van der Waals surface area contributed by atoms with Gasteiger partial charge < -0.3 is 4.74 Å². The van der Waals surface area contributed by atoms with Crippen LogP contribution in [0.25, 0.3) is 11.1 Å². The Morgan fingerprint density at radius 3 is 1.69 bits per heavy atom. The number of benzene rings is 2. The van der Waals surface area contributed by atoms with Crippen LogP contribution in [-0.2, 0) is 0 Å². The van der Waals surface area contributed by atoms with Crippen molar-refractivity contribution in [1.82, 2.24) is 0 Å². The molecular weight excluding hydrogens is 514 g/mol. The summed E-state index contributed by atoms with van der Waals surface area (Å²) >= 11 is 0. The summed E-state index contributed by atoms with van der Waals surface area (Å²) in [4.78, 5) is 0. The van der Waals surface area contributed by atoms with Crippen LogP contribution in [0.3, 0.4) is 0 Å². The summed E-state index contributed by atoms with van der Waals surface area (Å²) in [7, 11) is 0. The van der Waals surface area contributed by atoms with Crippen LogP contribution in [0.4, 0.5) is 26.3 Å². The minimum absolute atomic E-state index is 0.0666. The zero-order chi connectivity index (χ0) is 28.0. The van der Waals surface area contributed by atoms with Crippen molar-refractivity contribution in [3.05, 3.63) is 53.3 Å². The largest absolute Gasteiger partial charge is 0.573 e. The van der Waals surface area contributed by atoms with Crippen molar-refractivity contribution in [1.29, 1.82) is 0 Å². The molecule has 0 heterocycles. The molecule has 2 aliphatic carbocycles. The first kappa shape index (κ1) is 29.8. The second-order valence-corrected chi connectivity index (χ2v) is 11.7. The standard InChI is InChI=1S/C32H40F6O/c1-2-5-21-8-10-22(11-9-21)6-3-4-7-23-12-14-24(15-13-23)26-19-28(34)31(29(35)20-26)25-16-17-30(27(33)18-25)39-32(36,37)38/h16-24H,2-15H2,1H3/t21-,22-,23-,24-. The molecule has 0 atom stereocenters. The zero-order valence-corrected chi connectivity index (χ0v) is 22.8. The lowest BCUT2D eigenvalue weighted by molar-refractivity contribution is -0.275. The highest BCUT2D eigenvalue weighted by molar-refractivity contribution is 5.66. The molecule has 0 amide bonds. The maximum absolute atomic E-state index is 15.0. The molecule has 0 bridgehead atoms. The minimum atomic E-state index is -5.06. The third kappa shape index (κ3) is 8.40. The van der Waals surface area contributed by atoms with Crippen LogP contribution in [0.2, 0.25) is 0 Å². The molecule has 0 spiro atoms. The van der Waals surface area contributed by atoms with Gasteiger partial charge in [-0.3, -0.25) is 0 Å². The molecule has 0 N–H and O–H groups in total. The second-order valence-electron chi connectivity index (χ2n) is 11.7. The van der Waals surface area contributed by atoms with Gasteiger partial charge in [0.2, 0.25) is 0 Å². The van der Waals surface area contributed by atoms with E-state index in [-0.39, 0.29) is 11.5 Å². The number of rotatable bonds is 10. The van der Waals surface area contributed by atoms with Crippen LogP contribution in [0, 0.1) is 35.2 Å². The smallest absolute Gasteiger partial charge is 0.403 e. The van der Waals surface area contributed by atoms with Gasteiger partial charge in [-0.15, -0.1) is 13.2 Å². The molecule has 4 rings (SSSR count). The summed E-state index contributed by atoms with van der Waals surface area (Å²) in [5.74, 6) is -1.49. The van der Waals surface area contributed by atoms with Crippen molar-refractivity contribution in [2.45, 2.75) is 109 Å². The van der Waals surface area contributed by atoms with E-state index in [2.05, 4.69) is 11.7 Å². The molecular formula is C32H40F6O. The predicted octanol–water partition coefficient (Wildman–Crippen LogP) is 11.1. The van der Waals surface area contributed by atoms with Gasteiger partial charge in [-0.05, 0) is 84.7 Å². The van der Waals surface area contributed by atoms with E-state index in [0.29, 0.717) is 17.5 Å². The molecule has 216 valence electrons. The summed E-state index contributed by atoms with van der Waals surface area (Å²) in [6.45, 7) is 2.28. The lowest BCUT2D eigenvalue weighted by Gasteiger charge is -2.30. The lowest BCUT2D eigenvalue weighted by Crippen LogP contribution is -2.18. The quantitative estimate of drug-likeness (QED) is 0.210. The van der Waals surface area contributed by atoms with Crippen molar-refractivity contribution in [2.75, 3.05) is 0 Å². The van der Waals surface area contributed by atoms with Gasteiger partial charge in [0.1, 0.15) is 11.6 Å². The maximum atomic E-state index is 15.0. The zero-order valence-electron chi connectivity index (χ0n) is 22.8. The second kappa shape index (κ2) is 13.5. The van der Waals surface area contributed by atoms with Crippen LogP contribution in [-0.4, -0.2) is 6.36 Å². The van der Waals surface area contributed by atoms with Gasteiger partial charge in [-0.25, -0.2) is 13.2 Å². The van der Waals surface area contributed by atoms with Crippen molar-refractivity contribution < 1.29 is 31.1 Å². The molecule has 0 radical (unpaired) electrons. The van der Waals surface area contributed by atoms with E-state index in [1.54, 1.807) is 0 Å². The molecule has 2 aromatic carbocycles. The average Bonchev–Trinajstić information content (AvgIpc) is 2.88. The Bertz CT molecular complexity index is 1040. The molecule has 7 heteroatoms. The highest BCUT2D eigenvalue weighted by Crippen LogP contribution is 2.41. The Labute approximate surface area is 228 Å². The third-order valence-corrected chi connectivity index (χ3v) is 8.97. The first-order chi connectivity index (χ1) is 18.6. The Balaban J connectivity index is 1.25. The number of hydrogen-bond acceptors (Lipinski definition) is 1. The Morgan fingerprint density at radius 2 is 1.21 bits per heavy atom. The van der Waals surface area contributed by atoms with Crippen molar-refractivity contribution in [3.63, 3.8) is 0 Å². The van der Waals surface area contributed by atoms with Crippen LogP contribution >= 0.6 is 0 Å². The van der Waals surface area contributed by atoms with E-state index in [1.165, 1.54) is 76.3 Å². The predicted molar refractivity (Wildman–Crippen MR) is 142 cm³/mol. The molecule has 0 aliphatic heterocycles. The summed E-state index contributed by atoms with van der Waals surface area (Å²) in [6, 6.07) is 4.98. The molecule has 39 heavy (non-hydrogen) atoms. The van der Waals surface area contributed by atoms with Crippen LogP contribution in [0.5, 0.6) is 5.75 Å². The number of hydrogen-bond donors (Lipinski definition) is 0. The van der Waals surface area contributed by atoms with Crippen LogP contribution in [0.15, 0.2) is 30.3 Å². The van der Waals surface area contributed by atoms with Crippen LogP contribution < -0.4 is 4.74 Å². The SMILES string of the molecule is CCC[C@H]1CC[C@H](CCCC[C@H]2CC[C@H](c3cc(F)c(-c4ccc(OC(F)(F)F)c(F)c4)c(F)c3)CC2)CC1. The van der Waals surface area contributed by atoms with E-state index < -0.39 is 35.1 Å². The monoisotopic (exact) mass is 554 g/mol. The van der Waals surface area contributed by atoms with E-state index in [4.69, 9.17) is 0 Å². The molecule has 0 saturated heterocycles. The molecule has 2 aliphatic rings. The minimum Gasteiger partial charge on any atom is -0.403 e. The van der Waals surface area contributed by atoms with Gasteiger partial charge in [0.25, 0.3) is 0 Å². The number of alkyl halides is 3. The Hall–Kier alpha value is -2.18. The first-order valence-corrected chi connectivity index (χ1v) is 14.7. The lowest BCUT2D eigenvalue weighted by atomic mass is 9.76. The van der Waals surface area contributed by atoms with Gasteiger partial charge in [0.15, 0.2) is 11.6 Å². The van der Waals surface area contributed by atoms with E-state index in [0.717, 1.165) is 49.7 Å². The fraction of sp³-hybridized carbons (Fsp3) is 0.625. The number of unbranched alkanes of at least 4 members (excludes halogenated alkanes) is 1. The van der Waals surface area contributed by atoms with Crippen LogP contribution in [0.1, 0.15) is 108 Å². The van der Waals surface area contributed by atoms with Gasteiger partial charge in [0, 0.05) is 0 Å². The Morgan fingerprint density at radius 1 is 0.692 bits per heavy atom. The molecule has 0 aromatic heterocycles. The number of ether oxygens (including phenoxy) is 1. The summed E-state index contributed by atoms with van der Waals surface area (Å²) in [5, 5.41) is 0. The summed E-state index contributed by atoms with van der Waals surface area (Å²) in [5.41, 5.74) is -0.0478. The van der Waals surface area contributed by atoms with Gasteiger partial charge >= 0.3 is 6.36 Å². The maximum Gasteiger partial charge on any atom is 0.573 e. The fourth-order valence-corrected chi connectivity index (χ4v) is 6.84. The topological polar surface area (TPSA) is 9.23 Å². The fourth-order valence-electron chi connectivity index (χ4n) is 6.84. The van der Waals surface area contributed by atoms with Crippen molar-refractivity contribution >= 4 is 0 Å². The summed E-state index contributed by atoms with van der Waals surface area (Å²) in [6.07, 6.45) is 12.2. The van der Waals surface area contributed by atoms with Gasteiger partial charge in [0.05, 0.1) is 5.56 Å². The van der Waals surface area contributed by atoms with E-state index in [9.17, 15) is 26.3 Å². The normalized spacial score (nSPS) is 24.1. The molecule has 2 fully saturated rings. The number of halogens is 6. The summed E-state index contributed by atoms with van der Waals surface area (Å²) < 4.78 is 84.8. The van der Waals surface area contributed by atoms with E-state index >= 15 is 0 Å². The third-order valence-electron chi connectivity index (χ3n) is 8.97. The highest BCUT2D eigenvalue weighted by Gasteiger charge is 2.32. The Kier molecular flexibility index (Phi) is 10.3. The van der Waals surface area contributed by atoms with E-state index in [1.807, 2.05) is 0 Å². The van der Waals surface area contributed by atoms with Crippen molar-refractivity contribution in [3.8, 4) is 16.9 Å². The average molecular weight is 555 g/mol. The molecule has 2 saturated carbocycles. The molecule has 0 unspecified atom stereocenters. The molecule has 1 nitrogen and oxygen atoms in total. The van der Waals surface area contributed by atoms with Gasteiger partial charge in [-0.1, -0.05) is 77.2 Å². The van der Waals surface area contributed by atoms with Crippen molar-refractivity contribution in [2.24, 2.45) is 17.8 Å². The first-order valence-electron chi connectivity index (χ1n) is 14.7.